The van der Waals surface area contributed by atoms with Gasteiger partial charge < -0.3 is 5.32 Å². The Morgan fingerprint density at radius 2 is 2.17 bits per heavy atom. The summed E-state index contributed by atoms with van der Waals surface area (Å²) in [6.45, 7) is 6.09. The topological polar surface area (TPSA) is 36.8 Å². The Bertz CT molecular complexity index is 228. The number of fused-ring (bicyclic) bond motifs is 1. The lowest BCUT2D eigenvalue weighted by Gasteiger charge is -2.14. The highest BCUT2D eigenvalue weighted by Crippen LogP contribution is 2.20. The second-order valence-corrected chi connectivity index (χ2v) is 2.59. The SMILES string of the molecule is CC.CC1=CNC2N=CN=CC12. The standard InChI is InChI=1S/C7H9N3.C2H6/c1-5-2-9-7-6(5)3-8-4-10-7;1-2/h2-4,6-7,9H,1H3;1-2H3. The van der Waals surface area contributed by atoms with Crippen molar-refractivity contribution in [2.45, 2.75) is 26.9 Å². The molecule has 0 aliphatic carbocycles. The van der Waals surface area contributed by atoms with Crippen LogP contribution >= 0.6 is 0 Å². The van der Waals surface area contributed by atoms with E-state index in [2.05, 4.69) is 22.2 Å². The molecule has 0 saturated heterocycles. The molecule has 0 amide bonds. The van der Waals surface area contributed by atoms with Crippen LogP contribution < -0.4 is 5.32 Å². The molecule has 12 heavy (non-hydrogen) atoms. The predicted octanol–water partition coefficient (Wildman–Crippen LogP) is 1.57. The van der Waals surface area contributed by atoms with Gasteiger partial charge in [0, 0.05) is 6.21 Å². The van der Waals surface area contributed by atoms with Crippen molar-refractivity contribution in [2.75, 3.05) is 0 Å². The molecule has 2 aliphatic rings. The van der Waals surface area contributed by atoms with Crippen molar-refractivity contribution in [1.29, 1.82) is 0 Å². The van der Waals surface area contributed by atoms with E-state index < -0.39 is 0 Å². The molecule has 0 aromatic carbocycles. The molecular formula is C9H15N3. The Balaban J connectivity index is 0.000000336. The molecule has 3 nitrogen and oxygen atoms in total. The minimum atomic E-state index is 0.220. The molecule has 0 fully saturated rings. The lowest BCUT2D eigenvalue weighted by molar-refractivity contribution is 0.587. The van der Waals surface area contributed by atoms with Gasteiger partial charge in [-0.3, -0.25) is 0 Å². The van der Waals surface area contributed by atoms with Crippen LogP contribution in [0.25, 0.3) is 0 Å². The summed E-state index contributed by atoms with van der Waals surface area (Å²) in [6.07, 6.45) is 5.76. The predicted molar refractivity (Wildman–Crippen MR) is 52.5 cm³/mol. The van der Waals surface area contributed by atoms with Gasteiger partial charge in [-0.25, -0.2) is 9.98 Å². The number of hydrogen-bond acceptors (Lipinski definition) is 3. The van der Waals surface area contributed by atoms with Crippen LogP contribution in [-0.4, -0.2) is 18.7 Å². The quantitative estimate of drug-likeness (QED) is 0.581. The van der Waals surface area contributed by atoms with E-state index in [1.165, 1.54) is 5.57 Å². The Hall–Kier alpha value is -1.12. The van der Waals surface area contributed by atoms with Crippen molar-refractivity contribution in [3.05, 3.63) is 11.8 Å². The average Bonchev–Trinajstić information content (AvgIpc) is 2.53. The molecule has 3 heteroatoms. The molecule has 0 aromatic heterocycles. The molecule has 2 heterocycles. The van der Waals surface area contributed by atoms with Crippen LogP contribution in [0.2, 0.25) is 0 Å². The molecule has 2 atom stereocenters. The van der Waals surface area contributed by atoms with E-state index in [1.807, 2.05) is 26.3 Å². The Kier molecular flexibility index (Phi) is 3.02. The summed E-state index contributed by atoms with van der Waals surface area (Å²) in [5.74, 6) is 0.394. The van der Waals surface area contributed by atoms with Crippen LogP contribution in [0.15, 0.2) is 21.8 Å². The monoisotopic (exact) mass is 165 g/mol. The maximum Gasteiger partial charge on any atom is 0.131 e. The summed E-state index contributed by atoms with van der Waals surface area (Å²) in [5.41, 5.74) is 1.31. The number of nitrogens with zero attached hydrogens (tertiary/aromatic N) is 2. The molecule has 2 unspecified atom stereocenters. The van der Waals surface area contributed by atoms with E-state index >= 15 is 0 Å². The zero-order chi connectivity index (χ0) is 8.97. The van der Waals surface area contributed by atoms with Crippen molar-refractivity contribution in [3.63, 3.8) is 0 Å². The first-order chi connectivity index (χ1) is 5.88. The second kappa shape index (κ2) is 4.04. The first-order valence-corrected chi connectivity index (χ1v) is 4.35. The zero-order valence-electron chi connectivity index (χ0n) is 7.78. The van der Waals surface area contributed by atoms with Gasteiger partial charge in [-0.05, 0) is 18.7 Å². The van der Waals surface area contributed by atoms with E-state index in [1.54, 1.807) is 6.34 Å². The van der Waals surface area contributed by atoms with Crippen LogP contribution in [0.3, 0.4) is 0 Å². The minimum Gasteiger partial charge on any atom is -0.369 e. The van der Waals surface area contributed by atoms with Crippen molar-refractivity contribution < 1.29 is 0 Å². The maximum atomic E-state index is 4.16. The van der Waals surface area contributed by atoms with Gasteiger partial charge in [0.1, 0.15) is 12.5 Å². The Morgan fingerprint density at radius 1 is 1.42 bits per heavy atom. The fraction of sp³-hybridized carbons (Fsp3) is 0.556. The van der Waals surface area contributed by atoms with Gasteiger partial charge in [-0.1, -0.05) is 13.8 Å². The number of rotatable bonds is 0. The van der Waals surface area contributed by atoms with Crippen molar-refractivity contribution in [3.8, 4) is 0 Å². The molecule has 0 spiro atoms. The summed E-state index contributed by atoms with van der Waals surface area (Å²) < 4.78 is 0. The summed E-state index contributed by atoms with van der Waals surface area (Å²) in [7, 11) is 0. The molecule has 0 aromatic rings. The van der Waals surface area contributed by atoms with Gasteiger partial charge in [0.25, 0.3) is 0 Å². The highest BCUT2D eigenvalue weighted by atomic mass is 15.1. The first-order valence-electron chi connectivity index (χ1n) is 4.35. The fourth-order valence-electron chi connectivity index (χ4n) is 1.24. The van der Waals surface area contributed by atoms with Gasteiger partial charge in [0.05, 0.1) is 5.92 Å². The normalized spacial score (nSPS) is 29.8. The molecule has 1 N–H and O–H groups in total. The van der Waals surface area contributed by atoms with Gasteiger partial charge in [-0.15, -0.1) is 0 Å². The Labute approximate surface area is 73.3 Å². The van der Waals surface area contributed by atoms with Crippen LogP contribution in [0, 0.1) is 5.92 Å². The highest BCUT2D eigenvalue weighted by molar-refractivity contribution is 5.79. The van der Waals surface area contributed by atoms with Gasteiger partial charge >= 0.3 is 0 Å². The first kappa shape index (κ1) is 8.97. The lowest BCUT2D eigenvalue weighted by atomic mass is 10.0. The zero-order valence-corrected chi connectivity index (χ0v) is 7.78. The highest BCUT2D eigenvalue weighted by Gasteiger charge is 2.25. The molecule has 0 saturated carbocycles. The van der Waals surface area contributed by atoms with E-state index in [0.717, 1.165) is 0 Å². The molecule has 2 aliphatic heterocycles. The molecule has 0 radical (unpaired) electrons. The van der Waals surface area contributed by atoms with Crippen LogP contribution in [0.4, 0.5) is 0 Å². The van der Waals surface area contributed by atoms with Gasteiger partial charge in [0.15, 0.2) is 0 Å². The third kappa shape index (κ3) is 1.55. The summed E-state index contributed by atoms with van der Waals surface area (Å²) in [4.78, 5) is 8.13. The molecular weight excluding hydrogens is 150 g/mol. The third-order valence-electron chi connectivity index (χ3n) is 1.89. The van der Waals surface area contributed by atoms with Crippen molar-refractivity contribution in [2.24, 2.45) is 15.9 Å². The number of nitrogens with one attached hydrogen (secondary N) is 1. The minimum absolute atomic E-state index is 0.220. The summed E-state index contributed by atoms with van der Waals surface area (Å²) >= 11 is 0. The molecule has 66 valence electrons. The average molecular weight is 165 g/mol. The fourth-order valence-corrected chi connectivity index (χ4v) is 1.24. The van der Waals surface area contributed by atoms with Crippen molar-refractivity contribution >= 4 is 12.6 Å². The molecule has 2 rings (SSSR count). The smallest absolute Gasteiger partial charge is 0.131 e. The van der Waals surface area contributed by atoms with E-state index in [0.29, 0.717) is 5.92 Å². The van der Waals surface area contributed by atoms with E-state index in [-0.39, 0.29) is 6.17 Å². The van der Waals surface area contributed by atoms with Crippen LogP contribution in [-0.2, 0) is 0 Å². The summed E-state index contributed by atoms with van der Waals surface area (Å²) in [6, 6.07) is 0. The molecule has 0 bridgehead atoms. The Morgan fingerprint density at radius 3 is 2.83 bits per heavy atom. The van der Waals surface area contributed by atoms with Gasteiger partial charge in [0.2, 0.25) is 0 Å². The lowest BCUT2D eigenvalue weighted by Crippen LogP contribution is -2.28. The number of hydrogen-bond donors (Lipinski definition) is 1. The van der Waals surface area contributed by atoms with Crippen molar-refractivity contribution in [1.82, 2.24) is 5.32 Å². The largest absolute Gasteiger partial charge is 0.369 e. The third-order valence-corrected chi connectivity index (χ3v) is 1.89. The maximum absolute atomic E-state index is 4.16. The van der Waals surface area contributed by atoms with Gasteiger partial charge in [-0.2, -0.15) is 0 Å². The van der Waals surface area contributed by atoms with E-state index in [9.17, 15) is 0 Å². The van der Waals surface area contributed by atoms with Crippen LogP contribution in [0.1, 0.15) is 20.8 Å². The summed E-state index contributed by atoms with van der Waals surface area (Å²) in [5, 5.41) is 3.16. The van der Waals surface area contributed by atoms with E-state index in [4.69, 9.17) is 0 Å². The van der Waals surface area contributed by atoms with Crippen LogP contribution in [0.5, 0.6) is 0 Å². The number of aliphatic imine (C=N–C) groups is 2. The second-order valence-electron chi connectivity index (χ2n) is 2.59.